The number of ether oxygens (including phenoxy) is 2. The number of H-pyrrole nitrogens is 1. The molecule has 25 heavy (non-hydrogen) atoms. The van der Waals surface area contributed by atoms with E-state index in [-0.39, 0.29) is 37.0 Å². The van der Waals surface area contributed by atoms with E-state index in [4.69, 9.17) is 15.2 Å². The summed E-state index contributed by atoms with van der Waals surface area (Å²) in [7, 11) is 0. The maximum absolute atomic E-state index is 13.9. The third kappa shape index (κ3) is 2.82. The average molecular weight is 342 g/mol. The lowest BCUT2D eigenvalue weighted by molar-refractivity contribution is 0.333. The minimum atomic E-state index is -0.456. The third-order valence-corrected chi connectivity index (χ3v) is 3.94. The monoisotopic (exact) mass is 342 g/mol. The van der Waals surface area contributed by atoms with Gasteiger partial charge in [0.1, 0.15) is 18.7 Å². The molecule has 0 radical (unpaired) electrons. The van der Waals surface area contributed by atoms with Crippen LogP contribution < -0.4 is 20.9 Å². The number of pyridine rings is 1. The zero-order valence-corrected chi connectivity index (χ0v) is 13.2. The molecule has 1 aromatic carbocycles. The van der Waals surface area contributed by atoms with Crippen LogP contribution in [0.3, 0.4) is 0 Å². The van der Waals surface area contributed by atoms with Gasteiger partial charge in [0.25, 0.3) is 0 Å². The Balaban J connectivity index is 1.90. The van der Waals surface area contributed by atoms with Gasteiger partial charge >= 0.3 is 5.69 Å². The molecule has 128 valence electrons. The Morgan fingerprint density at radius 3 is 2.84 bits per heavy atom. The summed E-state index contributed by atoms with van der Waals surface area (Å²) in [5.41, 5.74) is 7.33. The molecule has 8 heteroatoms. The van der Waals surface area contributed by atoms with Gasteiger partial charge in [-0.15, -0.1) is 0 Å². The molecule has 0 atom stereocenters. The van der Waals surface area contributed by atoms with Crippen molar-refractivity contribution in [3.63, 3.8) is 0 Å². The van der Waals surface area contributed by atoms with Crippen molar-refractivity contribution in [2.24, 2.45) is 0 Å². The molecule has 3 aromatic rings. The zero-order valence-electron chi connectivity index (χ0n) is 13.2. The predicted molar refractivity (Wildman–Crippen MR) is 90.4 cm³/mol. The van der Waals surface area contributed by atoms with E-state index in [9.17, 15) is 9.18 Å². The van der Waals surface area contributed by atoms with E-state index in [0.29, 0.717) is 16.9 Å². The molecule has 1 aliphatic rings. The number of halogens is 1. The fraction of sp³-hybridized carbons (Fsp3) is 0.176. The van der Waals surface area contributed by atoms with Gasteiger partial charge in [-0.3, -0.25) is 4.57 Å². The zero-order chi connectivity index (χ0) is 17.4. The molecular formula is C17H15FN4O3. The van der Waals surface area contributed by atoms with Gasteiger partial charge in [0.2, 0.25) is 5.88 Å². The number of nitrogens with one attached hydrogen (secondary N) is 1. The summed E-state index contributed by atoms with van der Waals surface area (Å²) in [6, 6.07) is 6.17. The highest BCUT2D eigenvalue weighted by molar-refractivity contribution is 5.85. The van der Waals surface area contributed by atoms with Crippen LogP contribution in [-0.2, 0) is 6.54 Å². The molecule has 4 rings (SSSR count). The summed E-state index contributed by atoms with van der Waals surface area (Å²) >= 11 is 0. The summed E-state index contributed by atoms with van der Waals surface area (Å²) in [6.07, 6.45) is 3.46. The summed E-state index contributed by atoms with van der Waals surface area (Å²) in [5.74, 6) is 0.181. The minimum absolute atomic E-state index is 0.134. The number of fused-ring (bicyclic) bond motifs is 3. The second kappa shape index (κ2) is 5.97. The van der Waals surface area contributed by atoms with Crippen LogP contribution in [0.1, 0.15) is 5.56 Å². The number of nitrogens with zero attached hydrogens (tertiary/aromatic N) is 2. The number of hydrogen-bond acceptors (Lipinski definition) is 5. The fourth-order valence-electron chi connectivity index (χ4n) is 2.73. The molecule has 0 saturated carbocycles. The second-order valence-electron chi connectivity index (χ2n) is 5.61. The lowest BCUT2D eigenvalue weighted by Crippen LogP contribution is -2.17. The Labute approximate surface area is 141 Å². The molecule has 0 fully saturated rings. The lowest BCUT2D eigenvalue weighted by Gasteiger charge is -2.10. The van der Waals surface area contributed by atoms with E-state index < -0.39 is 5.82 Å². The van der Waals surface area contributed by atoms with Crippen LogP contribution in [0.2, 0.25) is 0 Å². The number of rotatable bonds is 0. The van der Waals surface area contributed by atoms with Gasteiger partial charge in [0.15, 0.2) is 17.4 Å². The Kier molecular flexibility index (Phi) is 3.64. The topological polar surface area (TPSA) is 95.2 Å². The summed E-state index contributed by atoms with van der Waals surface area (Å²) in [4.78, 5) is 19.2. The third-order valence-electron chi connectivity index (χ3n) is 3.94. The first-order valence-electron chi connectivity index (χ1n) is 7.70. The van der Waals surface area contributed by atoms with Gasteiger partial charge in [-0.1, -0.05) is 6.07 Å². The van der Waals surface area contributed by atoms with Gasteiger partial charge < -0.3 is 20.2 Å². The summed E-state index contributed by atoms with van der Waals surface area (Å²) < 4.78 is 26.3. The van der Waals surface area contributed by atoms with Crippen molar-refractivity contribution in [1.29, 1.82) is 0 Å². The van der Waals surface area contributed by atoms with Gasteiger partial charge in [0.05, 0.1) is 12.1 Å². The first-order chi connectivity index (χ1) is 12.1. The van der Waals surface area contributed by atoms with Crippen LogP contribution >= 0.6 is 0 Å². The molecule has 0 unspecified atom stereocenters. The van der Waals surface area contributed by atoms with Crippen molar-refractivity contribution in [3.8, 4) is 11.6 Å². The highest BCUT2D eigenvalue weighted by Gasteiger charge is 2.14. The van der Waals surface area contributed by atoms with Gasteiger partial charge in [-0.25, -0.2) is 9.18 Å². The quantitative estimate of drug-likeness (QED) is 0.608. The lowest BCUT2D eigenvalue weighted by atomic mass is 10.2. The van der Waals surface area contributed by atoms with Crippen LogP contribution in [0.4, 0.5) is 10.2 Å². The first kappa shape index (κ1) is 15.3. The number of benzene rings is 1. The number of anilines is 1. The molecule has 1 aliphatic heterocycles. The number of aromatic amines is 1. The first-order valence-corrected chi connectivity index (χ1v) is 7.70. The Bertz CT molecular complexity index is 1040. The second-order valence-corrected chi connectivity index (χ2v) is 5.61. The fourth-order valence-corrected chi connectivity index (χ4v) is 2.73. The largest absolute Gasteiger partial charge is 0.486 e. The molecule has 7 nitrogen and oxygen atoms in total. The highest BCUT2D eigenvalue weighted by Crippen LogP contribution is 2.24. The maximum Gasteiger partial charge on any atom is 0.326 e. The van der Waals surface area contributed by atoms with Gasteiger partial charge in [-0.05, 0) is 29.8 Å². The molecule has 3 N–H and O–H groups in total. The van der Waals surface area contributed by atoms with Crippen LogP contribution in [0.25, 0.3) is 11.0 Å². The van der Waals surface area contributed by atoms with Crippen LogP contribution in [-0.4, -0.2) is 27.7 Å². The SMILES string of the molecule is Nc1nc2cc3c1[nH]c(=O)n3Cc1ccc(F)c(c1)OCC=CCO2. The Morgan fingerprint density at radius 2 is 2.00 bits per heavy atom. The Morgan fingerprint density at radius 1 is 1.20 bits per heavy atom. The van der Waals surface area contributed by atoms with Gasteiger partial charge in [0, 0.05) is 6.07 Å². The molecule has 0 spiro atoms. The van der Waals surface area contributed by atoms with Crippen molar-refractivity contribution in [2.45, 2.75) is 6.54 Å². The number of imidazole rings is 1. The van der Waals surface area contributed by atoms with Crippen LogP contribution in [0.15, 0.2) is 41.2 Å². The van der Waals surface area contributed by atoms with Crippen LogP contribution in [0, 0.1) is 5.82 Å². The van der Waals surface area contributed by atoms with Crippen LogP contribution in [0.5, 0.6) is 11.6 Å². The van der Waals surface area contributed by atoms with E-state index in [0.717, 1.165) is 5.56 Å². The van der Waals surface area contributed by atoms with Crippen molar-refractivity contribution in [2.75, 3.05) is 18.9 Å². The van der Waals surface area contributed by atoms with E-state index in [2.05, 4.69) is 9.97 Å². The summed E-state index contributed by atoms with van der Waals surface area (Å²) in [5, 5.41) is 0. The van der Waals surface area contributed by atoms with Crippen molar-refractivity contribution in [1.82, 2.24) is 14.5 Å². The molecular weight excluding hydrogens is 327 g/mol. The van der Waals surface area contributed by atoms with E-state index in [1.54, 1.807) is 30.4 Å². The van der Waals surface area contributed by atoms with E-state index in [1.807, 2.05) is 0 Å². The Hall–Kier alpha value is -3.29. The van der Waals surface area contributed by atoms with Crippen molar-refractivity contribution >= 4 is 16.9 Å². The number of nitrogens with two attached hydrogens (primary N) is 1. The molecule has 0 amide bonds. The smallest absolute Gasteiger partial charge is 0.326 e. The standard InChI is InChI=1S/C17H15FN4O3/c18-11-4-3-10-7-13(11)24-5-1-2-6-25-14-8-12-15(16(19)20-14)21-17(23)22(12)9-10/h1-4,7-8H,5-6,9H2,(H2,19,20)(H,21,23). The molecule has 0 saturated heterocycles. The number of hydrogen-bond donors (Lipinski definition) is 2. The summed E-state index contributed by atoms with van der Waals surface area (Å²) in [6.45, 7) is 0.681. The van der Waals surface area contributed by atoms with E-state index in [1.165, 1.54) is 10.6 Å². The minimum Gasteiger partial charge on any atom is -0.486 e. The normalized spacial score (nSPS) is 14.1. The van der Waals surface area contributed by atoms with E-state index >= 15 is 0 Å². The molecule has 3 heterocycles. The van der Waals surface area contributed by atoms with Gasteiger partial charge in [-0.2, -0.15) is 4.98 Å². The molecule has 0 aliphatic carbocycles. The number of aromatic nitrogens is 3. The average Bonchev–Trinajstić information content (AvgIpc) is 2.90. The molecule has 4 bridgehead atoms. The molecule has 2 aromatic heterocycles. The van der Waals surface area contributed by atoms with Crippen molar-refractivity contribution in [3.05, 3.63) is 58.3 Å². The highest BCUT2D eigenvalue weighted by atomic mass is 19.1. The predicted octanol–water partition coefficient (Wildman–Crippen LogP) is 1.82. The van der Waals surface area contributed by atoms with Crippen molar-refractivity contribution < 1.29 is 13.9 Å². The maximum atomic E-state index is 13.9. The number of nitrogen functional groups attached to an aromatic ring is 1.